The highest BCUT2D eigenvalue weighted by Gasteiger charge is 2.32. The van der Waals surface area contributed by atoms with Gasteiger partial charge in [0.1, 0.15) is 17.9 Å². The molecule has 148 valence electrons. The Morgan fingerprint density at radius 1 is 1.15 bits per heavy atom. The molecule has 1 fully saturated rings. The summed E-state index contributed by atoms with van der Waals surface area (Å²) in [5.41, 5.74) is -0.0728. The number of aliphatic hydroxyl groups is 2. The second kappa shape index (κ2) is 11.3. The summed E-state index contributed by atoms with van der Waals surface area (Å²) in [7, 11) is 2.69. The predicted octanol–water partition coefficient (Wildman–Crippen LogP) is 1.56. The van der Waals surface area contributed by atoms with Gasteiger partial charge in [0.2, 0.25) is 0 Å². The second-order valence-corrected chi connectivity index (χ2v) is 6.66. The molecule has 7 heteroatoms. The van der Waals surface area contributed by atoms with Crippen molar-refractivity contribution in [3.8, 4) is 0 Å². The minimum Gasteiger partial charge on any atom is -0.400 e. The fourth-order valence-corrected chi connectivity index (χ4v) is 3.38. The van der Waals surface area contributed by atoms with Crippen molar-refractivity contribution >= 4 is 6.29 Å². The van der Waals surface area contributed by atoms with Crippen LogP contribution >= 0.6 is 0 Å². The fourth-order valence-electron chi connectivity index (χ4n) is 3.38. The first-order valence-electron chi connectivity index (χ1n) is 8.94. The maximum atomic E-state index is 13.3. The summed E-state index contributed by atoms with van der Waals surface area (Å²) in [6, 6.07) is 2.99. The first-order valence-corrected chi connectivity index (χ1v) is 8.94. The van der Waals surface area contributed by atoms with Crippen molar-refractivity contribution in [2.24, 2.45) is 0 Å². The van der Waals surface area contributed by atoms with Gasteiger partial charge in [-0.3, -0.25) is 0 Å². The summed E-state index contributed by atoms with van der Waals surface area (Å²) in [5, 5.41) is 23.6. The number of likely N-dealkylation sites (N-methyl/N-ethyl adjacent to an activating group) is 1. The number of carbonyl (C=O) groups excluding carboxylic acids is 1. The zero-order chi connectivity index (χ0) is 19.6. The lowest BCUT2D eigenvalue weighted by Gasteiger charge is -2.35. The van der Waals surface area contributed by atoms with Gasteiger partial charge in [-0.1, -0.05) is 19.3 Å². The molecule has 0 bridgehead atoms. The second-order valence-electron chi connectivity index (χ2n) is 6.66. The van der Waals surface area contributed by atoms with Crippen molar-refractivity contribution in [3.05, 3.63) is 35.4 Å². The first-order chi connectivity index (χ1) is 12.5. The van der Waals surface area contributed by atoms with E-state index in [9.17, 15) is 18.7 Å². The molecule has 0 heterocycles. The highest BCUT2D eigenvalue weighted by atomic mass is 19.1. The van der Waals surface area contributed by atoms with E-state index < -0.39 is 23.3 Å². The maximum Gasteiger partial charge on any atom is 0.140 e. The summed E-state index contributed by atoms with van der Waals surface area (Å²) in [6.45, 7) is 0.252. The van der Waals surface area contributed by atoms with Crippen LogP contribution in [0.15, 0.2) is 18.2 Å². The van der Waals surface area contributed by atoms with E-state index in [1.54, 1.807) is 7.05 Å². The number of aliphatic hydroxyl groups excluding tert-OH is 2. The van der Waals surface area contributed by atoms with Crippen molar-refractivity contribution in [1.29, 1.82) is 0 Å². The van der Waals surface area contributed by atoms with Crippen molar-refractivity contribution < 1.29 is 23.8 Å². The normalized spacial score (nSPS) is 18.4. The Hall–Kier alpha value is -1.41. The topological polar surface area (TPSA) is 81.6 Å². The van der Waals surface area contributed by atoms with E-state index >= 15 is 0 Å². The quantitative estimate of drug-likeness (QED) is 0.521. The third-order valence-electron chi connectivity index (χ3n) is 4.85. The largest absolute Gasteiger partial charge is 0.400 e. The monoisotopic (exact) mass is 372 g/mol. The zero-order valence-corrected chi connectivity index (χ0v) is 15.5. The Kier molecular flexibility index (Phi) is 9.87. The van der Waals surface area contributed by atoms with Crippen molar-refractivity contribution in [2.75, 3.05) is 20.7 Å². The highest BCUT2D eigenvalue weighted by Crippen LogP contribution is 2.26. The Balaban J connectivity index is 0.00000163. The SMILES string of the molecule is CNC(Cc1cc(F)cc(F)c1)C(O)CNC1(C=O)CCCCC1.CO. The lowest BCUT2D eigenvalue weighted by atomic mass is 9.82. The Bertz CT molecular complexity index is 531. The number of benzene rings is 1. The van der Waals surface area contributed by atoms with Gasteiger partial charge in [0.25, 0.3) is 0 Å². The van der Waals surface area contributed by atoms with Crippen LogP contribution in [0.25, 0.3) is 0 Å². The zero-order valence-electron chi connectivity index (χ0n) is 15.5. The summed E-state index contributed by atoms with van der Waals surface area (Å²) in [5.74, 6) is -1.26. The fraction of sp³-hybridized carbons (Fsp3) is 0.632. The average molecular weight is 372 g/mol. The molecule has 26 heavy (non-hydrogen) atoms. The molecule has 0 spiro atoms. The van der Waals surface area contributed by atoms with Gasteiger partial charge < -0.3 is 25.6 Å². The smallest absolute Gasteiger partial charge is 0.140 e. The molecule has 4 N–H and O–H groups in total. The standard InChI is InChI=1S/C18H26F2N2O2.CH4O/c1-21-16(9-13-7-14(19)10-15(20)8-13)17(24)11-22-18(12-23)5-3-2-4-6-18;1-2/h7-8,10,12,16-17,21-22,24H,2-6,9,11H2,1H3;2H,1H3. The Morgan fingerprint density at radius 3 is 2.23 bits per heavy atom. The van der Waals surface area contributed by atoms with Crippen LogP contribution in [-0.4, -0.2) is 54.9 Å². The lowest BCUT2D eigenvalue weighted by Crippen LogP contribution is -2.54. The van der Waals surface area contributed by atoms with Crippen LogP contribution in [-0.2, 0) is 11.2 Å². The van der Waals surface area contributed by atoms with Crippen molar-refractivity contribution in [3.63, 3.8) is 0 Å². The number of nitrogens with one attached hydrogen (secondary N) is 2. The summed E-state index contributed by atoms with van der Waals surface area (Å²) in [6.07, 6.45) is 5.16. The molecule has 0 aliphatic heterocycles. The third-order valence-corrected chi connectivity index (χ3v) is 4.85. The van der Waals surface area contributed by atoms with Crippen LogP contribution in [0.5, 0.6) is 0 Å². The highest BCUT2D eigenvalue weighted by molar-refractivity contribution is 5.64. The van der Waals surface area contributed by atoms with Crippen LogP contribution in [0.4, 0.5) is 8.78 Å². The number of hydrogen-bond donors (Lipinski definition) is 4. The van der Waals surface area contributed by atoms with Crippen LogP contribution in [0, 0.1) is 11.6 Å². The van der Waals surface area contributed by atoms with E-state index in [1.165, 1.54) is 12.1 Å². The average Bonchev–Trinajstić information content (AvgIpc) is 2.66. The minimum absolute atomic E-state index is 0.252. The number of hydrogen-bond acceptors (Lipinski definition) is 5. The number of aldehydes is 1. The molecular weight excluding hydrogens is 342 g/mol. The molecule has 0 aromatic heterocycles. The molecule has 0 saturated heterocycles. The van der Waals surface area contributed by atoms with Crippen molar-refractivity contribution in [1.82, 2.24) is 10.6 Å². The van der Waals surface area contributed by atoms with E-state index in [1.807, 2.05) is 0 Å². The molecule has 2 atom stereocenters. The first kappa shape index (κ1) is 22.6. The van der Waals surface area contributed by atoms with E-state index in [4.69, 9.17) is 5.11 Å². The molecule has 1 saturated carbocycles. The number of carbonyl (C=O) groups is 1. The van der Waals surface area contributed by atoms with E-state index in [0.717, 1.165) is 51.6 Å². The summed E-state index contributed by atoms with van der Waals surface area (Å²) < 4.78 is 26.6. The van der Waals surface area contributed by atoms with Gasteiger partial charge in [-0.05, 0) is 44.0 Å². The van der Waals surface area contributed by atoms with Gasteiger partial charge in [0, 0.05) is 25.8 Å². The van der Waals surface area contributed by atoms with E-state index in [2.05, 4.69) is 10.6 Å². The molecule has 0 amide bonds. The van der Waals surface area contributed by atoms with E-state index in [-0.39, 0.29) is 12.6 Å². The van der Waals surface area contributed by atoms with Crippen LogP contribution in [0.1, 0.15) is 37.7 Å². The Morgan fingerprint density at radius 2 is 1.73 bits per heavy atom. The molecule has 2 rings (SSSR count). The third kappa shape index (κ3) is 6.72. The maximum absolute atomic E-state index is 13.3. The molecule has 5 nitrogen and oxygen atoms in total. The molecular formula is C19H30F2N2O3. The summed E-state index contributed by atoms with van der Waals surface area (Å²) in [4.78, 5) is 11.5. The molecule has 1 aliphatic rings. The van der Waals surface area contributed by atoms with Gasteiger partial charge in [-0.2, -0.15) is 0 Å². The van der Waals surface area contributed by atoms with E-state index in [0.29, 0.717) is 12.0 Å². The lowest BCUT2D eigenvalue weighted by molar-refractivity contribution is -0.114. The van der Waals surface area contributed by atoms with Crippen LogP contribution in [0.3, 0.4) is 0 Å². The molecule has 2 unspecified atom stereocenters. The number of rotatable bonds is 8. The predicted molar refractivity (Wildman–Crippen MR) is 96.9 cm³/mol. The van der Waals surface area contributed by atoms with Crippen LogP contribution < -0.4 is 10.6 Å². The molecule has 0 radical (unpaired) electrons. The van der Waals surface area contributed by atoms with Gasteiger partial charge in [0.15, 0.2) is 0 Å². The minimum atomic E-state index is -0.778. The van der Waals surface area contributed by atoms with Crippen molar-refractivity contribution in [2.45, 2.75) is 56.2 Å². The molecule has 1 aromatic carbocycles. The van der Waals surface area contributed by atoms with Crippen LogP contribution in [0.2, 0.25) is 0 Å². The van der Waals surface area contributed by atoms with Gasteiger partial charge in [0.05, 0.1) is 11.6 Å². The van der Waals surface area contributed by atoms with Gasteiger partial charge >= 0.3 is 0 Å². The molecule has 1 aromatic rings. The summed E-state index contributed by atoms with van der Waals surface area (Å²) >= 11 is 0. The Labute approximate surface area is 153 Å². The van der Waals surface area contributed by atoms with Gasteiger partial charge in [-0.15, -0.1) is 0 Å². The number of β-amino-alcohol motifs (C(OH)–C–C–N with tert-alkyl or cyclic N) is 1. The molecule has 1 aliphatic carbocycles. The van der Waals surface area contributed by atoms with Gasteiger partial charge in [-0.25, -0.2) is 8.78 Å². The number of halogens is 2.